The minimum Gasteiger partial charge on any atom is -0.492 e. The van der Waals surface area contributed by atoms with E-state index < -0.39 is 5.97 Å². The Morgan fingerprint density at radius 1 is 1.53 bits per heavy atom. The molecule has 1 N–H and O–H groups in total. The van der Waals surface area contributed by atoms with E-state index in [4.69, 9.17) is 21.4 Å². The molecule has 0 heterocycles. The van der Waals surface area contributed by atoms with Gasteiger partial charge in [0, 0.05) is 0 Å². The number of hydrogen-bond donors (Lipinski definition) is 1. The van der Waals surface area contributed by atoms with Gasteiger partial charge in [-0.25, -0.2) is 0 Å². The highest BCUT2D eigenvalue weighted by Crippen LogP contribution is 2.28. The molecule has 0 saturated carbocycles. The van der Waals surface area contributed by atoms with E-state index in [-0.39, 0.29) is 6.42 Å². The molecule has 1 aromatic carbocycles. The van der Waals surface area contributed by atoms with Crippen molar-refractivity contribution in [3.8, 4) is 5.75 Å². The van der Waals surface area contributed by atoms with Gasteiger partial charge >= 0.3 is 5.97 Å². The average molecular weight is 229 g/mol. The summed E-state index contributed by atoms with van der Waals surface area (Å²) in [6.45, 7) is 4.26. The zero-order valence-corrected chi connectivity index (χ0v) is 9.47. The molecular weight excluding hydrogens is 216 g/mol. The van der Waals surface area contributed by atoms with Gasteiger partial charge in [0.2, 0.25) is 0 Å². The van der Waals surface area contributed by atoms with Gasteiger partial charge in [-0.3, -0.25) is 4.79 Å². The van der Waals surface area contributed by atoms with Crippen LogP contribution in [0, 0.1) is 6.92 Å². The van der Waals surface area contributed by atoms with Crippen LogP contribution in [0.15, 0.2) is 12.1 Å². The molecule has 0 spiro atoms. The van der Waals surface area contributed by atoms with Gasteiger partial charge in [0.15, 0.2) is 0 Å². The molecule has 0 radical (unpaired) electrons. The van der Waals surface area contributed by atoms with Crippen LogP contribution >= 0.6 is 11.6 Å². The van der Waals surface area contributed by atoms with E-state index in [0.717, 1.165) is 11.1 Å². The van der Waals surface area contributed by atoms with Crippen molar-refractivity contribution in [1.29, 1.82) is 0 Å². The molecule has 0 amide bonds. The smallest absolute Gasteiger partial charge is 0.307 e. The Labute approximate surface area is 93.6 Å². The van der Waals surface area contributed by atoms with Crippen LogP contribution in [0.4, 0.5) is 0 Å². The van der Waals surface area contributed by atoms with E-state index in [1.807, 2.05) is 13.8 Å². The van der Waals surface area contributed by atoms with Gasteiger partial charge in [0.25, 0.3) is 0 Å². The molecule has 0 aliphatic heterocycles. The zero-order chi connectivity index (χ0) is 11.4. The quantitative estimate of drug-likeness (QED) is 0.862. The van der Waals surface area contributed by atoms with E-state index in [2.05, 4.69) is 0 Å². The normalized spacial score (nSPS) is 10.1. The third-order valence-corrected chi connectivity index (χ3v) is 2.33. The lowest BCUT2D eigenvalue weighted by atomic mass is 10.1. The SMILES string of the molecule is CCOc1cc(C)c(CC(=O)O)cc1Cl. The van der Waals surface area contributed by atoms with Crippen LogP contribution in [0.25, 0.3) is 0 Å². The van der Waals surface area contributed by atoms with Crippen molar-refractivity contribution in [2.45, 2.75) is 20.3 Å². The lowest BCUT2D eigenvalue weighted by Crippen LogP contribution is -2.03. The van der Waals surface area contributed by atoms with Crippen LogP contribution in [0.2, 0.25) is 5.02 Å². The Morgan fingerprint density at radius 2 is 2.20 bits per heavy atom. The second-order valence-electron chi connectivity index (χ2n) is 3.21. The third kappa shape index (κ3) is 3.13. The van der Waals surface area contributed by atoms with Gasteiger partial charge in [-0.1, -0.05) is 11.6 Å². The number of aryl methyl sites for hydroxylation is 1. The first-order chi connectivity index (χ1) is 7.04. The molecular formula is C11H13ClO3. The minimum atomic E-state index is -0.863. The maximum atomic E-state index is 10.6. The van der Waals surface area contributed by atoms with Crippen molar-refractivity contribution >= 4 is 17.6 Å². The van der Waals surface area contributed by atoms with Crippen molar-refractivity contribution < 1.29 is 14.6 Å². The van der Waals surface area contributed by atoms with Crippen molar-refractivity contribution in [3.63, 3.8) is 0 Å². The van der Waals surface area contributed by atoms with Gasteiger partial charge in [-0.15, -0.1) is 0 Å². The van der Waals surface area contributed by atoms with Crippen LogP contribution < -0.4 is 4.74 Å². The summed E-state index contributed by atoms with van der Waals surface area (Å²) in [5, 5.41) is 9.14. The first kappa shape index (κ1) is 11.9. The van der Waals surface area contributed by atoms with E-state index in [0.29, 0.717) is 17.4 Å². The second kappa shape index (κ2) is 5.03. The minimum absolute atomic E-state index is 0.0159. The first-order valence-corrected chi connectivity index (χ1v) is 5.06. The fourth-order valence-electron chi connectivity index (χ4n) is 1.32. The first-order valence-electron chi connectivity index (χ1n) is 4.68. The van der Waals surface area contributed by atoms with E-state index in [1.165, 1.54) is 0 Å². The standard InChI is InChI=1S/C11H13ClO3/c1-3-15-10-4-7(2)8(5-9(10)12)6-11(13)14/h4-5H,3,6H2,1-2H3,(H,13,14). The van der Waals surface area contributed by atoms with Crippen LogP contribution in [0.1, 0.15) is 18.1 Å². The van der Waals surface area contributed by atoms with Gasteiger partial charge in [-0.05, 0) is 37.1 Å². The summed E-state index contributed by atoms with van der Waals surface area (Å²) in [4.78, 5) is 10.6. The highest BCUT2D eigenvalue weighted by atomic mass is 35.5. The van der Waals surface area contributed by atoms with Crippen molar-refractivity contribution in [2.24, 2.45) is 0 Å². The van der Waals surface area contributed by atoms with E-state index >= 15 is 0 Å². The monoisotopic (exact) mass is 228 g/mol. The van der Waals surface area contributed by atoms with Crippen molar-refractivity contribution in [3.05, 3.63) is 28.3 Å². The molecule has 0 aliphatic rings. The van der Waals surface area contributed by atoms with Crippen LogP contribution in [-0.2, 0) is 11.2 Å². The number of carbonyl (C=O) groups is 1. The Kier molecular flexibility index (Phi) is 3.97. The number of carboxylic acid groups (broad SMARTS) is 1. The number of halogens is 1. The largest absolute Gasteiger partial charge is 0.492 e. The summed E-state index contributed by atoms with van der Waals surface area (Å²) in [6.07, 6.45) is -0.0159. The Bertz CT molecular complexity index is 374. The fourth-order valence-corrected chi connectivity index (χ4v) is 1.56. The average Bonchev–Trinajstić information content (AvgIpc) is 2.13. The summed E-state index contributed by atoms with van der Waals surface area (Å²) in [5.74, 6) is -0.260. The molecule has 0 aromatic heterocycles. The second-order valence-corrected chi connectivity index (χ2v) is 3.62. The maximum absolute atomic E-state index is 10.6. The Hall–Kier alpha value is -1.22. The zero-order valence-electron chi connectivity index (χ0n) is 8.71. The summed E-state index contributed by atoms with van der Waals surface area (Å²) >= 11 is 5.95. The lowest BCUT2D eigenvalue weighted by Gasteiger charge is -2.09. The molecule has 0 aliphatic carbocycles. The Morgan fingerprint density at radius 3 is 2.73 bits per heavy atom. The van der Waals surface area contributed by atoms with Crippen LogP contribution in [-0.4, -0.2) is 17.7 Å². The molecule has 4 heteroatoms. The summed E-state index contributed by atoms with van der Waals surface area (Å²) < 4.78 is 5.30. The van der Waals surface area contributed by atoms with Crippen molar-refractivity contribution in [2.75, 3.05) is 6.61 Å². The number of ether oxygens (including phenoxy) is 1. The molecule has 82 valence electrons. The number of hydrogen-bond acceptors (Lipinski definition) is 2. The Balaban J connectivity index is 3.02. The van der Waals surface area contributed by atoms with Crippen LogP contribution in [0.3, 0.4) is 0 Å². The van der Waals surface area contributed by atoms with Gasteiger partial charge < -0.3 is 9.84 Å². The predicted octanol–water partition coefficient (Wildman–Crippen LogP) is 2.67. The molecule has 0 unspecified atom stereocenters. The van der Waals surface area contributed by atoms with E-state index in [9.17, 15) is 4.79 Å². The molecule has 0 atom stereocenters. The van der Waals surface area contributed by atoms with Crippen LogP contribution in [0.5, 0.6) is 5.75 Å². The van der Waals surface area contributed by atoms with Crippen molar-refractivity contribution in [1.82, 2.24) is 0 Å². The third-order valence-electron chi connectivity index (χ3n) is 2.03. The summed E-state index contributed by atoms with van der Waals surface area (Å²) in [5.41, 5.74) is 1.60. The summed E-state index contributed by atoms with van der Waals surface area (Å²) in [6, 6.07) is 3.42. The molecule has 0 bridgehead atoms. The highest BCUT2D eigenvalue weighted by Gasteiger charge is 2.09. The molecule has 0 fully saturated rings. The molecule has 1 aromatic rings. The van der Waals surface area contributed by atoms with Gasteiger partial charge in [-0.2, -0.15) is 0 Å². The molecule has 1 rings (SSSR count). The molecule has 15 heavy (non-hydrogen) atoms. The van der Waals surface area contributed by atoms with Gasteiger partial charge in [0.1, 0.15) is 5.75 Å². The number of aliphatic carboxylic acids is 1. The van der Waals surface area contributed by atoms with E-state index in [1.54, 1.807) is 12.1 Å². The number of rotatable bonds is 4. The molecule has 0 saturated heterocycles. The topological polar surface area (TPSA) is 46.5 Å². The summed E-state index contributed by atoms with van der Waals surface area (Å²) in [7, 11) is 0. The fraction of sp³-hybridized carbons (Fsp3) is 0.364. The molecule has 3 nitrogen and oxygen atoms in total. The highest BCUT2D eigenvalue weighted by molar-refractivity contribution is 6.32. The predicted molar refractivity (Wildman–Crippen MR) is 58.7 cm³/mol. The number of benzene rings is 1. The number of carboxylic acids is 1. The maximum Gasteiger partial charge on any atom is 0.307 e. The lowest BCUT2D eigenvalue weighted by molar-refractivity contribution is -0.136. The van der Waals surface area contributed by atoms with Gasteiger partial charge in [0.05, 0.1) is 18.1 Å².